The first-order valence-electron chi connectivity index (χ1n) is 6.73. The van der Waals surface area contributed by atoms with Crippen molar-refractivity contribution in [3.8, 4) is 0 Å². The van der Waals surface area contributed by atoms with Gasteiger partial charge in [-0.2, -0.15) is 0 Å². The second-order valence-corrected chi connectivity index (χ2v) is 4.57. The van der Waals surface area contributed by atoms with Crippen LogP contribution in [-0.2, 0) is 0 Å². The van der Waals surface area contributed by atoms with Crippen LogP contribution in [-0.4, -0.2) is 35.7 Å². The number of hydrogen-bond acceptors (Lipinski definition) is 5. The third-order valence-corrected chi connectivity index (χ3v) is 2.82. The molecule has 0 bridgehead atoms. The van der Waals surface area contributed by atoms with Crippen molar-refractivity contribution < 1.29 is 4.79 Å². The molecule has 0 aliphatic heterocycles. The average Bonchev–Trinajstić information content (AvgIpc) is 2.44. The molecular formula is C13H23N5O. The van der Waals surface area contributed by atoms with E-state index in [1.54, 1.807) is 12.1 Å². The van der Waals surface area contributed by atoms with Crippen molar-refractivity contribution in [3.05, 3.63) is 17.8 Å². The minimum atomic E-state index is -0.196. The van der Waals surface area contributed by atoms with Crippen LogP contribution in [0.3, 0.4) is 0 Å². The molecule has 0 saturated carbocycles. The molecule has 0 spiro atoms. The maximum atomic E-state index is 11.5. The van der Waals surface area contributed by atoms with Gasteiger partial charge < -0.3 is 16.4 Å². The van der Waals surface area contributed by atoms with Gasteiger partial charge in [0.15, 0.2) is 5.69 Å². The summed E-state index contributed by atoms with van der Waals surface area (Å²) in [5.74, 6) is 1.04. The van der Waals surface area contributed by atoms with Crippen LogP contribution in [0.2, 0.25) is 0 Å². The fourth-order valence-corrected chi connectivity index (χ4v) is 1.58. The molecule has 1 heterocycles. The van der Waals surface area contributed by atoms with E-state index in [0.29, 0.717) is 24.0 Å². The molecule has 1 aromatic heterocycles. The largest absolute Gasteiger partial charge is 0.369 e. The van der Waals surface area contributed by atoms with Crippen LogP contribution in [0.15, 0.2) is 12.1 Å². The molecular weight excluding hydrogens is 242 g/mol. The summed E-state index contributed by atoms with van der Waals surface area (Å²) in [6, 6.07) is 3.44. The van der Waals surface area contributed by atoms with E-state index in [4.69, 9.17) is 5.73 Å². The third-order valence-electron chi connectivity index (χ3n) is 2.82. The van der Waals surface area contributed by atoms with Gasteiger partial charge in [-0.3, -0.25) is 4.79 Å². The van der Waals surface area contributed by atoms with Crippen molar-refractivity contribution >= 4 is 11.7 Å². The van der Waals surface area contributed by atoms with Gasteiger partial charge in [0.05, 0.1) is 0 Å². The van der Waals surface area contributed by atoms with Crippen LogP contribution in [0.4, 0.5) is 5.82 Å². The molecule has 1 unspecified atom stereocenters. The van der Waals surface area contributed by atoms with E-state index in [2.05, 4.69) is 27.8 Å². The Morgan fingerprint density at radius 1 is 1.42 bits per heavy atom. The maximum absolute atomic E-state index is 11.5. The molecule has 0 aliphatic rings. The van der Waals surface area contributed by atoms with Crippen molar-refractivity contribution in [1.82, 2.24) is 15.5 Å². The number of carbonyl (C=O) groups excluding carboxylic acids is 1. The number of rotatable bonds is 8. The second kappa shape index (κ2) is 8.42. The SMILES string of the molecule is CCNC(=O)c1ccc(NCCCC(C)CN)nn1. The highest BCUT2D eigenvalue weighted by Gasteiger charge is 2.06. The summed E-state index contributed by atoms with van der Waals surface area (Å²) in [5.41, 5.74) is 5.89. The summed E-state index contributed by atoms with van der Waals surface area (Å²) in [7, 11) is 0. The van der Waals surface area contributed by atoms with Crippen molar-refractivity contribution in [2.75, 3.05) is 25.0 Å². The summed E-state index contributed by atoms with van der Waals surface area (Å²) < 4.78 is 0. The Hall–Kier alpha value is -1.69. The molecule has 1 rings (SSSR count). The highest BCUT2D eigenvalue weighted by atomic mass is 16.1. The van der Waals surface area contributed by atoms with E-state index >= 15 is 0 Å². The number of nitrogens with zero attached hydrogens (tertiary/aromatic N) is 2. The number of anilines is 1. The standard InChI is InChI=1S/C13H23N5O/c1-3-15-13(19)11-6-7-12(18-17-11)16-8-4-5-10(2)9-14/h6-7,10H,3-5,8-9,14H2,1-2H3,(H,15,19)(H,16,18). The van der Waals surface area contributed by atoms with E-state index in [9.17, 15) is 4.79 Å². The third kappa shape index (κ3) is 5.65. The number of nitrogens with two attached hydrogens (primary N) is 1. The first kappa shape index (κ1) is 15.4. The van der Waals surface area contributed by atoms with Gasteiger partial charge in [-0.05, 0) is 44.4 Å². The van der Waals surface area contributed by atoms with Crippen molar-refractivity contribution in [2.45, 2.75) is 26.7 Å². The maximum Gasteiger partial charge on any atom is 0.271 e. The Balaban J connectivity index is 2.34. The smallest absolute Gasteiger partial charge is 0.271 e. The summed E-state index contributed by atoms with van der Waals surface area (Å²) >= 11 is 0. The molecule has 1 atom stereocenters. The van der Waals surface area contributed by atoms with Crippen LogP contribution in [0.5, 0.6) is 0 Å². The molecule has 0 aromatic carbocycles. The number of carbonyl (C=O) groups is 1. The van der Waals surface area contributed by atoms with E-state index in [1.807, 2.05) is 6.92 Å². The number of nitrogens with one attached hydrogen (secondary N) is 2. The Morgan fingerprint density at radius 2 is 2.21 bits per heavy atom. The highest BCUT2D eigenvalue weighted by Crippen LogP contribution is 2.05. The number of aromatic nitrogens is 2. The van der Waals surface area contributed by atoms with Gasteiger partial charge in [0.25, 0.3) is 5.91 Å². The fraction of sp³-hybridized carbons (Fsp3) is 0.615. The van der Waals surface area contributed by atoms with E-state index in [-0.39, 0.29) is 5.91 Å². The van der Waals surface area contributed by atoms with Crippen molar-refractivity contribution in [1.29, 1.82) is 0 Å². The monoisotopic (exact) mass is 265 g/mol. The van der Waals surface area contributed by atoms with Crippen molar-refractivity contribution in [2.24, 2.45) is 11.7 Å². The predicted octanol–water partition coefficient (Wildman–Crippen LogP) is 1.01. The summed E-state index contributed by atoms with van der Waals surface area (Å²) in [4.78, 5) is 11.5. The lowest BCUT2D eigenvalue weighted by molar-refractivity contribution is 0.0950. The molecule has 0 fully saturated rings. The molecule has 6 nitrogen and oxygen atoms in total. The summed E-state index contributed by atoms with van der Waals surface area (Å²) in [5, 5.41) is 13.7. The van der Waals surface area contributed by atoms with Crippen LogP contribution in [0.25, 0.3) is 0 Å². The molecule has 106 valence electrons. The highest BCUT2D eigenvalue weighted by molar-refractivity contribution is 5.92. The lowest BCUT2D eigenvalue weighted by atomic mass is 10.1. The van der Waals surface area contributed by atoms with Gasteiger partial charge in [-0.1, -0.05) is 6.92 Å². The van der Waals surface area contributed by atoms with E-state index < -0.39 is 0 Å². The Morgan fingerprint density at radius 3 is 2.79 bits per heavy atom. The van der Waals surface area contributed by atoms with Gasteiger partial charge in [-0.15, -0.1) is 10.2 Å². The zero-order chi connectivity index (χ0) is 14.1. The minimum Gasteiger partial charge on any atom is -0.369 e. The van der Waals surface area contributed by atoms with Crippen LogP contribution < -0.4 is 16.4 Å². The number of amides is 1. The van der Waals surface area contributed by atoms with Gasteiger partial charge >= 0.3 is 0 Å². The zero-order valence-corrected chi connectivity index (χ0v) is 11.6. The van der Waals surface area contributed by atoms with Crippen LogP contribution in [0, 0.1) is 5.92 Å². The molecule has 0 radical (unpaired) electrons. The predicted molar refractivity (Wildman–Crippen MR) is 76.0 cm³/mol. The molecule has 6 heteroatoms. The molecule has 19 heavy (non-hydrogen) atoms. The first-order valence-corrected chi connectivity index (χ1v) is 6.73. The van der Waals surface area contributed by atoms with Gasteiger partial charge in [0.2, 0.25) is 0 Å². The van der Waals surface area contributed by atoms with Gasteiger partial charge in [0, 0.05) is 13.1 Å². The minimum absolute atomic E-state index is 0.196. The summed E-state index contributed by atoms with van der Waals surface area (Å²) in [6.45, 7) is 6.14. The van der Waals surface area contributed by atoms with Gasteiger partial charge in [0.1, 0.15) is 5.82 Å². The second-order valence-electron chi connectivity index (χ2n) is 4.57. The summed E-state index contributed by atoms with van der Waals surface area (Å²) in [6.07, 6.45) is 2.13. The molecule has 4 N–H and O–H groups in total. The molecule has 0 aliphatic carbocycles. The van der Waals surface area contributed by atoms with E-state index in [1.165, 1.54) is 0 Å². The molecule has 1 amide bonds. The normalized spacial score (nSPS) is 11.9. The molecule has 0 saturated heterocycles. The number of hydrogen-bond donors (Lipinski definition) is 3. The van der Waals surface area contributed by atoms with Crippen LogP contribution >= 0.6 is 0 Å². The Labute approximate surface area is 114 Å². The lowest BCUT2D eigenvalue weighted by Gasteiger charge is -2.09. The first-order chi connectivity index (χ1) is 9.17. The lowest BCUT2D eigenvalue weighted by Crippen LogP contribution is -2.24. The fourth-order valence-electron chi connectivity index (χ4n) is 1.58. The zero-order valence-electron chi connectivity index (χ0n) is 11.6. The Kier molecular flexibility index (Phi) is 6.81. The van der Waals surface area contributed by atoms with E-state index in [0.717, 1.165) is 25.9 Å². The Bertz CT molecular complexity index is 379. The quantitative estimate of drug-likeness (QED) is 0.610. The van der Waals surface area contributed by atoms with Crippen molar-refractivity contribution in [3.63, 3.8) is 0 Å². The van der Waals surface area contributed by atoms with Gasteiger partial charge in [-0.25, -0.2) is 0 Å². The molecule has 1 aromatic rings. The topological polar surface area (TPSA) is 92.9 Å². The average molecular weight is 265 g/mol. The van der Waals surface area contributed by atoms with Crippen LogP contribution in [0.1, 0.15) is 37.2 Å².